The van der Waals surface area contributed by atoms with Gasteiger partial charge in [-0.25, -0.2) is 26.7 Å². The Hall–Kier alpha value is -2.60. The monoisotopic (exact) mass is 469 g/mol. The number of aliphatic hydroxyl groups excluding tert-OH is 1. The Morgan fingerprint density at radius 3 is 2.50 bits per heavy atom. The van der Waals surface area contributed by atoms with Gasteiger partial charge in [-0.3, -0.25) is 0 Å². The Labute approximate surface area is 185 Å². The Bertz CT molecular complexity index is 1020. The number of hydrogen-bond donors (Lipinski definition) is 4. The first-order chi connectivity index (χ1) is 15.3. The molecule has 2 amide bonds. The topological polar surface area (TPSA) is 117 Å². The fourth-order valence-corrected chi connectivity index (χ4v) is 4.50. The molecule has 1 heterocycles. The van der Waals surface area contributed by atoms with Crippen LogP contribution < -0.4 is 15.4 Å². The molecule has 11 heteroatoms. The van der Waals surface area contributed by atoms with Crippen molar-refractivity contribution in [1.82, 2.24) is 10.0 Å². The fraction of sp³-hybridized carbons (Fsp3) is 0.381. The zero-order valence-corrected chi connectivity index (χ0v) is 17.9. The number of rotatable bonds is 8. The molecule has 0 saturated carbocycles. The minimum Gasteiger partial charge on any atom is -0.394 e. The number of urea groups is 1. The zero-order valence-electron chi connectivity index (χ0n) is 17.1. The summed E-state index contributed by atoms with van der Waals surface area (Å²) in [6.45, 7) is -0.253. The molecule has 4 N–H and O–H groups in total. The smallest absolute Gasteiger partial charge is 0.319 e. The van der Waals surface area contributed by atoms with Crippen molar-refractivity contribution in [3.8, 4) is 0 Å². The average Bonchev–Trinajstić information content (AvgIpc) is 2.76. The molecule has 1 saturated heterocycles. The second-order valence-electron chi connectivity index (χ2n) is 7.38. The van der Waals surface area contributed by atoms with Gasteiger partial charge in [-0.2, -0.15) is 0 Å². The third-order valence-electron chi connectivity index (χ3n) is 5.12. The van der Waals surface area contributed by atoms with Crippen LogP contribution in [0.25, 0.3) is 0 Å². The number of halogens is 2. The molecule has 1 aliphatic rings. The predicted octanol–water partition coefficient (Wildman–Crippen LogP) is 2.36. The van der Waals surface area contributed by atoms with E-state index in [4.69, 9.17) is 4.74 Å². The first-order valence-electron chi connectivity index (χ1n) is 10.1. The molecule has 1 aliphatic heterocycles. The molecule has 0 radical (unpaired) electrons. The van der Waals surface area contributed by atoms with Crippen molar-refractivity contribution in [2.45, 2.75) is 42.4 Å². The zero-order chi connectivity index (χ0) is 23.1. The molecule has 0 spiro atoms. The maximum atomic E-state index is 13.7. The SMILES string of the molecule is O=C(Nc1ccccc1F)N[C@H]1CC[C@H](CCNS(=O)(=O)c2ccc(F)cc2)O[C@@H]1CO. The first-order valence-corrected chi connectivity index (χ1v) is 11.6. The van der Waals surface area contributed by atoms with Gasteiger partial charge in [0.15, 0.2) is 0 Å². The van der Waals surface area contributed by atoms with Crippen LogP contribution in [0, 0.1) is 11.6 Å². The molecular formula is C21H25F2N3O5S. The van der Waals surface area contributed by atoms with Crippen LogP contribution in [-0.4, -0.2) is 51.0 Å². The summed E-state index contributed by atoms with van der Waals surface area (Å²) in [5.41, 5.74) is 0.0357. The van der Waals surface area contributed by atoms with Gasteiger partial charge in [0.2, 0.25) is 10.0 Å². The summed E-state index contributed by atoms with van der Waals surface area (Å²) in [5.74, 6) is -1.09. The van der Waals surface area contributed by atoms with Crippen molar-refractivity contribution in [1.29, 1.82) is 0 Å². The van der Waals surface area contributed by atoms with Gasteiger partial charge in [0.05, 0.1) is 29.3 Å². The van der Waals surface area contributed by atoms with E-state index in [1.807, 2.05) is 0 Å². The molecule has 2 aromatic carbocycles. The van der Waals surface area contributed by atoms with Crippen molar-refractivity contribution in [2.24, 2.45) is 0 Å². The number of aliphatic hydroxyl groups is 1. The number of ether oxygens (including phenoxy) is 1. The largest absolute Gasteiger partial charge is 0.394 e. The third-order valence-corrected chi connectivity index (χ3v) is 6.59. The number of carbonyl (C=O) groups excluding carboxylic acids is 1. The van der Waals surface area contributed by atoms with E-state index < -0.39 is 39.8 Å². The molecule has 0 aromatic heterocycles. The van der Waals surface area contributed by atoms with Crippen LogP contribution >= 0.6 is 0 Å². The maximum Gasteiger partial charge on any atom is 0.319 e. The highest BCUT2D eigenvalue weighted by Gasteiger charge is 2.32. The highest BCUT2D eigenvalue weighted by atomic mass is 32.2. The fourth-order valence-electron chi connectivity index (χ4n) is 3.45. The van der Waals surface area contributed by atoms with Crippen molar-refractivity contribution >= 4 is 21.7 Å². The summed E-state index contributed by atoms with van der Waals surface area (Å²) in [5, 5.41) is 14.8. The quantitative estimate of drug-likeness (QED) is 0.474. The van der Waals surface area contributed by atoms with E-state index in [1.165, 1.54) is 30.3 Å². The molecule has 0 aliphatic carbocycles. The average molecular weight is 470 g/mol. The molecule has 0 unspecified atom stereocenters. The molecule has 2 aromatic rings. The molecule has 32 heavy (non-hydrogen) atoms. The summed E-state index contributed by atoms with van der Waals surface area (Å²) < 4.78 is 59.4. The first kappa shape index (κ1) is 24.1. The van der Waals surface area contributed by atoms with Gasteiger partial charge in [0.25, 0.3) is 0 Å². The standard InChI is InChI=1S/C21H25F2N3O5S/c22-14-5-8-16(9-6-14)32(29,30)24-12-11-15-7-10-19(20(13-27)31-15)26-21(28)25-18-4-2-1-3-17(18)23/h1-6,8-9,15,19-20,24,27H,7,10-13H2,(H2,25,26,28)/t15-,19+,20-/m1/s1. The van der Waals surface area contributed by atoms with Crippen molar-refractivity contribution in [3.05, 3.63) is 60.2 Å². The number of hydrogen-bond acceptors (Lipinski definition) is 5. The minimum atomic E-state index is -3.77. The lowest BCUT2D eigenvalue weighted by Gasteiger charge is -2.36. The van der Waals surface area contributed by atoms with Crippen LogP contribution in [0.5, 0.6) is 0 Å². The van der Waals surface area contributed by atoms with E-state index in [-0.39, 0.29) is 29.8 Å². The van der Waals surface area contributed by atoms with E-state index in [1.54, 1.807) is 6.07 Å². The van der Waals surface area contributed by atoms with Crippen LogP contribution in [0.4, 0.5) is 19.3 Å². The van der Waals surface area contributed by atoms with Crippen LogP contribution in [0.3, 0.4) is 0 Å². The van der Waals surface area contributed by atoms with E-state index >= 15 is 0 Å². The van der Waals surface area contributed by atoms with Gasteiger partial charge >= 0.3 is 6.03 Å². The molecular weight excluding hydrogens is 444 g/mol. The second-order valence-corrected chi connectivity index (χ2v) is 9.15. The Balaban J connectivity index is 1.47. The Kier molecular flexibility index (Phi) is 8.13. The maximum absolute atomic E-state index is 13.7. The van der Waals surface area contributed by atoms with Gasteiger partial charge in [0, 0.05) is 6.54 Å². The van der Waals surface area contributed by atoms with Crippen molar-refractivity contribution in [2.75, 3.05) is 18.5 Å². The molecule has 3 rings (SSSR count). The molecule has 8 nitrogen and oxygen atoms in total. The predicted molar refractivity (Wildman–Crippen MR) is 114 cm³/mol. The van der Waals surface area contributed by atoms with E-state index in [0.717, 1.165) is 12.1 Å². The lowest BCUT2D eigenvalue weighted by molar-refractivity contribution is -0.0884. The van der Waals surface area contributed by atoms with Crippen molar-refractivity contribution in [3.63, 3.8) is 0 Å². The third kappa shape index (κ3) is 6.45. The lowest BCUT2D eigenvalue weighted by Crippen LogP contribution is -2.52. The summed E-state index contributed by atoms with van der Waals surface area (Å²) >= 11 is 0. The summed E-state index contributed by atoms with van der Waals surface area (Å²) in [4.78, 5) is 12.1. The second kappa shape index (κ2) is 10.8. The lowest BCUT2D eigenvalue weighted by atomic mass is 9.97. The highest BCUT2D eigenvalue weighted by molar-refractivity contribution is 7.89. The van der Waals surface area contributed by atoms with Crippen LogP contribution in [0.1, 0.15) is 19.3 Å². The van der Waals surface area contributed by atoms with Gasteiger partial charge < -0.3 is 20.5 Å². The van der Waals surface area contributed by atoms with Crippen LogP contribution in [0.15, 0.2) is 53.4 Å². The Morgan fingerprint density at radius 2 is 1.81 bits per heavy atom. The van der Waals surface area contributed by atoms with Gasteiger partial charge in [-0.05, 0) is 55.7 Å². The summed E-state index contributed by atoms with van der Waals surface area (Å²) in [6.07, 6.45) is 0.361. The van der Waals surface area contributed by atoms with Gasteiger partial charge in [0.1, 0.15) is 17.7 Å². The molecule has 1 fully saturated rings. The Morgan fingerprint density at radius 1 is 1.09 bits per heavy atom. The van der Waals surface area contributed by atoms with Gasteiger partial charge in [-0.15, -0.1) is 0 Å². The number of sulfonamides is 1. The van der Waals surface area contributed by atoms with Gasteiger partial charge in [-0.1, -0.05) is 12.1 Å². The van der Waals surface area contributed by atoms with Crippen molar-refractivity contribution < 1.29 is 31.8 Å². The summed E-state index contributed by atoms with van der Waals surface area (Å²) in [6, 6.07) is 9.15. The minimum absolute atomic E-state index is 0.0357. The molecule has 174 valence electrons. The number of amides is 2. The van der Waals surface area contributed by atoms with E-state index in [9.17, 15) is 27.1 Å². The highest BCUT2D eigenvalue weighted by Crippen LogP contribution is 2.22. The number of anilines is 1. The molecule has 3 atom stereocenters. The molecule has 0 bridgehead atoms. The van der Waals surface area contributed by atoms with Crippen LogP contribution in [-0.2, 0) is 14.8 Å². The van der Waals surface area contributed by atoms with E-state index in [0.29, 0.717) is 19.3 Å². The number of nitrogens with one attached hydrogen (secondary N) is 3. The van der Waals surface area contributed by atoms with Crippen LogP contribution in [0.2, 0.25) is 0 Å². The summed E-state index contributed by atoms with van der Waals surface area (Å²) in [7, 11) is -3.77. The number of carbonyl (C=O) groups is 1. The normalized spacial score (nSPS) is 21.2. The van der Waals surface area contributed by atoms with E-state index in [2.05, 4.69) is 15.4 Å². The number of para-hydroxylation sites is 1. The number of benzene rings is 2.